The number of nitrogens with zero attached hydrogens (tertiary/aromatic N) is 1. The lowest BCUT2D eigenvalue weighted by Gasteiger charge is -1.99. The number of hydrogen-bond donors (Lipinski definition) is 0. The van der Waals surface area contributed by atoms with Crippen molar-refractivity contribution in [3.8, 4) is 0 Å². The summed E-state index contributed by atoms with van der Waals surface area (Å²) in [6, 6.07) is 5.91. The van der Waals surface area contributed by atoms with E-state index in [1.54, 1.807) is 0 Å². The summed E-state index contributed by atoms with van der Waals surface area (Å²) in [5.41, 5.74) is 2.00. The van der Waals surface area contributed by atoms with Gasteiger partial charge in [0, 0.05) is 10.0 Å². The molecule has 1 rings (SSSR count). The highest BCUT2D eigenvalue weighted by molar-refractivity contribution is 9.10. The van der Waals surface area contributed by atoms with Gasteiger partial charge in [0.2, 0.25) is 0 Å². The van der Waals surface area contributed by atoms with Crippen LogP contribution >= 0.6 is 15.9 Å². The first-order valence-corrected chi connectivity index (χ1v) is 5.46. The minimum atomic E-state index is 0.913. The van der Waals surface area contributed by atoms with Gasteiger partial charge in [0.05, 0.1) is 5.69 Å². The minimum Gasteiger partial charge on any atom is -0.264 e. The lowest BCUT2D eigenvalue weighted by molar-refractivity contribution is 1.50. The molecule has 0 aliphatic heterocycles. The van der Waals surface area contributed by atoms with Crippen LogP contribution in [0.3, 0.4) is 0 Å². The molecule has 0 aliphatic rings. The summed E-state index contributed by atoms with van der Waals surface area (Å²) < 4.78 is 1.06. The van der Waals surface area contributed by atoms with Crippen molar-refractivity contribution in [1.29, 1.82) is 0 Å². The van der Waals surface area contributed by atoms with E-state index in [-0.39, 0.29) is 0 Å². The third kappa shape index (κ3) is 3.88. The maximum absolute atomic E-state index is 3.91. The van der Waals surface area contributed by atoms with E-state index in [9.17, 15) is 0 Å². The summed E-state index contributed by atoms with van der Waals surface area (Å²) in [6.07, 6.45) is 3.99. The molecule has 1 nitrogen and oxygen atoms in total. The van der Waals surface area contributed by atoms with Crippen LogP contribution in [0.15, 0.2) is 33.7 Å². The molecule has 0 saturated heterocycles. The Labute approximate surface area is 94.7 Å². The third-order valence-corrected chi connectivity index (χ3v) is 2.00. The number of aliphatic imine (C=N–C) groups is 1. The van der Waals surface area contributed by atoms with Crippen LogP contribution in [-0.2, 0) is 0 Å². The molecule has 0 N–H and O–H groups in total. The van der Waals surface area contributed by atoms with E-state index in [4.69, 9.17) is 0 Å². The largest absolute Gasteiger partial charge is 0.264 e. The smallest absolute Gasteiger partial charge is 0.0695 e. The maximum Gasteiger partial charge on any atom is 0.0695 e. The van der Waals surface area contributed by atoms with Gasteiger partial charge in [-0.05, 0) is 31.8 Å². The van der Waals surface area contributed by atoms with Crippen LogP contribution in [0.25, 0.3) is 6.08 Å². The molecule has 0 unspecified atom stereocenters. The molecule has 14 heavy (non-hydrogen) atoms. The molecule has 0 radical (unpaired) electrons. The minimum absolute atomic E-state index is 0.913. The average Bonchev–Trinajstić information content (AvgIpc) is 2.22. The van der Waals surface area contributed by atoms with Gasteiger partial charge in [-0.2, -0.15) is 0 Å². The van der Waals surface area contributed by atoms with E-state index in [0.29, 0.717) is 0 Å². The molecule has 0 bridgehead atoms. The second kappa shape index (κ2) is 7.51. The highest BCUT2D eigenvalue weighted by atomic mass is 79.9. The lowest BCUT2D eigenvalue weighted by atomic mass is 10.2. The molecular formula is C12H16BrN. The Hall–Kier alpha value is -0.890. The Balaban J connectivity index is 0.000000791. The van der Waals surface area contributed by atoms with Gasteiger partial charge in [0.1, 0.15) is 0 Å². The summed E-state index contributed by atoms with van der Waals surface area (Å²) in [4.78, 5) is 3.91. The number of hydrogen-bond acceptors (Lipinski definition) is 1. The van der Waals surface area contributed by atoms with Gasteiger partial charge in [0.25, 0.3) is 0 Å². The monoisotopic (exact) mass is 253 g/mol. The van der Waals surface area contributed by atoms with Gasteiger partial charge in [-0.15, -0.1) is 0 Å². The molecule has 0 saturated carbocycles. The molecule has 0 heterocycles. The molecule has 76 valence electrons. The van der Waals surface area contributed by atoms with Gasteiger partial charge in [0.15, 0.2) is 0 Å². The van der Waals surface area contributed by atoms with Gasteiger partial charge in [-0.25, -0.2) is 0 Å². The van der Waals surface area contributed by atoms with Crippen molar-refractivity contribution in [2.45, 2.75) is 20.8 Å². The van der Waals surface area contributed by atoms with E-state index >= 15 is 0 Å². The van der Waals surface area contributed by atoms with Gasteiger partial charge < -0.3 is 0 Å². The molecule has 2 heteroatoms. The van der Waals surface area contributed by atoms with Crippen LogP contribution in [0.5, 0.6) is 0 Å². The number of rotatable bonds is 2. The normalized spacial score (nSPS) is 9.43. The predicted octanol–water partition coefficient (Wildman–Crippen LogP) is 4.84. The Kier molecular flexibility index (Phi) is 7.03. The molecule has 0 spiro atoms. The second-order valence-electron chi connectivity index (χ2n) is 2.36. The summed E-state index contributed by atoms with van der Waals surface area (Å²) in [6.45, 7) is 9.48. The van der Waals surface area contributed by atoms with Crippen LogP contribution in [0.2, 0.25) is 0 Å². The molecule has 1 aromatic carbocycles. The Morgan fingerprint density at radius 3 is 2.50 bits per heavy atom. The molecule has 0 aliphatic carbocycles. The van der Waals surface area contributed by atoms with E-state index in [2.05, 4.69) is 27.6 Å². The Morgan fingerprint density at radius 2 is 2.00 bits per heavy atom. The average molecular weight is 254 g/mol. The van der Waals surface area contributed by atoms with Crippen LogP contribution in [-0.4, -0.2) is 6.72 Å². The second-order valence-corrected chi connectivity index (χ2v) is 3.28. The van der Waals surface area contributed by atoms with Gasteiger partial charge in [-0.1, -0.05) is 41.9 Å². The van der Waals surface area contributed by atoms with E-state index in [0.717, 1.165) is 15.7 Å². The predicted molar refractivity (Wildman–Crippen MR) is 69.4 cm³/mol. The van der Waals surface area contributed by atoms with Gasteiger partial charge >= 0.3 is 0 Å². The summed E-state index contributed by atoms with van der Waals surface area (Å²) in [7, 11) is 0. The first kappa shape index (κ1) is 13.1. The SMILES string of the molecule is C=Nc1ccc(Br)cc1/C=C\C.CC. The van der Waals surface area contributed by atoms with Crippen LogP contribution in [0.4, 0.5) is 5.69 Å². The molecule has 0 amide bonds. The Bertz CT molecular complexity index is 316. The van der Waals surface area contributed by atoms with Crippen LogP contribution < -0.4 is 0 Å². The molecule has 1 aromatic rings. The first-order chi connectivity index (χ1) is 6.77. The van der Waals surface area contributed by atoms with Crippen molar-refractivity contribution in [3.05, 3.63) is 34.3 Å². The highest BCUT2D eigenvalue weighted by Gasteiger charge is 1.96. The number of benzene rings is 1. The van der Waals surface area contributed by atoms with Crippen molar-refractivity contribution in [2.24, 2.45) is 4.99 Å². The summed E-state index contributed by atoms with van der Waals surface area (Å²) >= 11 is 3.40. The van der Waals surface area contributed by atoms with E-state index in [1.165, 1.54) is 0 Å². The Morgan fingerprint density at radius 1 is 1.36 bits per heavy atom. The zero-order valence-corrected chi connectivity index (χ0v) is 10.5. The van der Waals surface area contributed by atoms with E-state index in [1.807, 2.05) is 51.1 Å². The van der Waals surface area contributed by atoms with Crippen molar-refractivity contribution in [3.63, 3.8) is 0 Å². The van der Waals surface area contributed by atoms with Crippen molar-refractivity contribution < 1.29 is 0 Å². The fourth-order valence-corrected chi connectivity index (χ4v) is 1.36. The van der Waals surface area contributed by atoms with Crippen molar-refractivity contribution >= 4 is 34.4 Å². The van der Waals surface area contributed by atoms with Crippen LogP contribution in [0, 0.1) is 0 Å². The quantitative estimate of drug-likeness (QED) is 0.669. The lowest BCUT2D eigenvalue weighted by Crippen LogP contribution is -1.74. The van der Waals surface area contributed by atoms with Crippen LogP contribution in [0.1, 0.15) is 26.3 Å². The number of allylic oxidation sites excluding steroid dienone is 1. The summed E-state index contributed by atoms with van der Waals surface area (Å²) in [5.74, 6) is 0. The zero-order chi connectivity index (χ0) is 11.0. The van der Waals surface area contributed by atoms with Crippen molar-refractivity contribution in [2.75, 3.05) is 0 Å². The fourth-order valence-electron chi connectivity index (χ4n) is 0.982. The molecule has 0 fully saturated rings. The number of halogens is 1. The summed E-state index contributed by atoms with van der Waals surface area (Å²) in [5, 5.41) is 0. The van der Waals surface area contributed by atoms with Crippen molar-refractivity contribution in [1.82, 2.24) is 0 Å². The molecule has 0 aromatic heterocycles. The highest BCUT2D eigenvalue weighted by Crippen LogP contribution is 2.24. The standard InChI is InChI=1S/C10H10BrN.C2H6/c1-3-4-8-7-9(11)5-6-10(8)12-2;1-2/h3-7H,2H2,1H3;1-2H3/b4-3-;. The third-order valence-electron chi connectivity index (χ3n) is 1.51. The maximum atomic E-state index is 3.91. The first-order valence-electron chi connectivity index (χ1n) is 4.67. The van der Waals surface area contributed by atoms with E-state index < -0.39 is 0 Å². The fraction of sp³-hybridized carbons (Fsp3) is 0.250. The molecule has 0 atom stereocenters. The zero-order valence-electron chi connectivity index (χ0n) is 8.92. The topological polar surface area (TPSA) is 12.4 Å². The molecular weight excluding hydrogens is 238 g/mol. The van der Waals surface area contributed by atoms with Gasteiger partial charge in [-0.3, -0.25) is 4.99 Å².